The molecule has 0 saturated carbocycles. The van der Waals surface area contributed by atoms with Crippen molar-refractivity contribution in [3.05, 3.63) is 11.8 Å². The molecule has 1 aromatic rings. The molecule has 0 spiro atoms. The average molecular weight is 359 g/mol. The summed E-state index contributed by atoms with van der Waals surface area (Å²) in [5, 5.41) is 6.54. The highest BCUT2D eigenvalue weighted by Gasteiger charge is 2.35. The first-order valence-electron chi connectivity index (χ1n) is 7.86. The molecular formula is C15H25N3O5S. The third kappa shape index (κ3) is 4.70. The van der Waals surface area contributed by atoms with Crippen LogP contribution in [0.15, 0.2) is 10.6 Å². The molecule has 1 fully saturated rings. The van der Waals surface area contributed by atoms with Gasteiger partial charge in [0.25, 0.3) is 0 Å². The zero-order valence-electron chi connectivity index (χ0n) is 14.5. The van der Waals surface area contributed by atoms with Gasteiger partial charge < -0.3 is 14.2 Å². The topological polar surface area (TPSA) is 102 Å². The summed E-state index contributed by atoms with van der Waals surface area (Å²) in [6.07, 6.45) is 0.436. The molecule has 1 aliphatic heterocycles. The van der Waals surface area contributed by atoms with E-state index < -0.39 is 15.9 Å². The molecule has 9 heteroatoms. The Morgan fingerprint density at radius 2 is 2.21 bits per heavy atom. The van der Waals surface area contributed by atoms with Gasteiger partial charge in [0.1, 0.15) is 5.76 Å². The van der Waals surface area contributed by atoms with Crippen molar-refractivity contribution in [2.75, 3.05) is 37.1 Å². The highest BCUT2D eigenvalue weighted by molar-refractivity contribution is 7.91. The van der Waals surface area contributed by atoms with Gasteiger partial charge in [0.15, 0.2) is 15.7 Å². The van der Waals surface area contributed by atoms with E-state index in [1.54, 1.807) is 6.07 Å². The van der Waals surface area contributed by atoms with Crippen LogP contribution in [-0.2, 0) is 20.0 Å². The van der Waals surface area contributed by atoms with Crippen LogP contribution in [0.3, 0.4) is 0 Å². The Hall–Kier alpha value is -1.61. The number of nitrogens with zero attached hydrogens (tertiary/aromatic N) is 2. The minimum atomic E-state index is -3.08. The summed E-state index contributed by atoms with van der Waals surface area (Å²) in [7, 11) is -1.55. The summed E-state index contributed by atoms with van der Waals surface area (Å²) in [4.78, 5) is 14.1. The van der Waals surface area contributed by atoms with Crippen LogP contribution in [0.25, 0.3) is 0 Å². The minimum absolute atomic E-state index is 0.0177. The summed E-state index contributed by atoms with van der Waals surface area (Å²) in [6, 6.07) is 0.930. The van der Waals surface area contributed by atoms with Crippen LogP contribution in [0.1, 0.15) is 33.0 Å². The van der Waals surface area contributed by atoms with Gasteiger partial charge in [-0.15, -0.1) is 0 Å². The molecule has 136 valence electrons. The fourth-order valence-corrected chi connectivity index (χ4v) is 4.26. The predicted octanol–water partition coefficient (Wildman–Crippen LogP) is 1.64. The third-order valence-electron chi connectivity index (χ3n) is 3.93. The van der Waals surface area contributed by atoms with E-state index in [-0.39, 0.29) is 23.0 Å². The Balaban J connectivity index is 2.09. The van der Waals surface area contributed by atoms with Crippen LogP contribution in [0.5, 0.6) is 0 Å². The molecule has 0 bridgehead atoms. The fraction of sp³-hybridized carbons (Fsp3) is 0.733. The van der Waals surface area contributed by atoms with E-state index in [0.717, 1.165) is 0 Å². The molecule has 0 aliphatic carbocycles. The highest BCUT2D eigenvalue weighted by Crippen LogP contribution is 2.25. The number of sulfone groups is 1. The van der Waals surface area contributed by atoms with E-state index in [1.165, 1.54) is 12.0 Å². The van der Waals surface area contributed by atoms with Gasteiger partial charge in [0.2, 0.25) is 0 Å². The number of rotatable bonds is 5. The molecule has 1 atom stereocenters. The normalized spacial score (nSPS) is 20.1. The van der Waals surface area contributed by atoms with Gasteiger partial charge in [-0.05, 0) is 6.42 Å². The van der Waals surface area contributed by atoms with Crippen molar-refractivity contribution < 1.29 is 22.5 Å². The minimum Gasteiger partial charge on any atom is -0.383 e. The Morgan fingerprint density at radius 3 is 2.71 bits per heavy atom. The van der Waals surface area contributed by atoms with Gasteiger partial charge >= 0.3 is 6.03 Å². The maximum Gasteiger partial charge on any atom is 0.323 e. The molecule has 1 aliphatic rings. The Labute approximate surface area is 142 Å². The fourth-order valence-electron chi connectivity index (χ4n) is 2.53. The lowest BCUT2D eigenvalue weighted by molar-refractivity contribution is 0.140. The molecule has 2 rings (SSSR count). The Morgan fingerprint density at radius 1 is 1.50 bits per heavy atom. The highest BCUT2D eigenvalue weighted by atomic mass is 32.2. The maximum atomic E-state index is 12.6. The van der Waals surface area contributed by atoms with Crippen molar-refractivity contribution in [1.82, 2.24) is 10.1 Å². The number of amides is 2. The second kappa shape index (κ2) is 7.10. The molecule has 0 aromatic carbocycles. The van der Waals surface area contributed by atoms with Crippen LogP contribution in [0, 0.1) is 0 Å². The van der Waals surface area contributed by atoms with Gasteiger partial charge in [-0.3, -0.25) is 5.32 Å². The predicted molar refractivity (Wildman–Crippen MR) is 89.9 cm³/mol. The molecule has 1 saturated heterocycles. The maximum absolute atomic E-state index is 12.6. The summed E-state index contributed by atoms with van der Waals surface area (Å²) < 4.78 is 33.7. The summed E-state index contributed by atoms with van der Waals surface area (Å²) >= 11 is 0. The molecule has 1 unspecified atom stereocenters. The van der Waals surface area contributed by atoms with E-state index in [9.17, 15) is 13.2 Å². The van der Waals surface area contributed by atoms with Crippen LogP contribution in [0.4, 0.5) is 10.6 Å². The van der Waals surface area contributed by atoms with E-state index in [1.807, 2.05) is 20.8 Å². The second-order valence-corrected chi connectivity index (χ2v) is 9.23. The van der Waals surface area contributed by atoms with Crippen molar-refractivity contribution >= 4 is 21.7 Å². The summed E-state index contributed by atoms with van der Waals surface area (Å²) in [5.41, 5.74) is -0.217. The SMILES string of the molecule is COCCN(C(=O)Nc1cc(C(C)(C)C)on1)C1CCS(=O)(=O)C1. The number of nitrogens with one attached hydrogen (secondary N) is 1. The van der Waals surface area contributed by atoms with Crippen LogP contribution >= 0.6 is 0 Å². The first-order valence-corrected chi connectivity index (χ1v) is 9.69. The van der Waals surface area contributed by atoms with Crippen LogP contribution < -0.4 is 5.32 Å². The molecule has 2 heterocycles. The van der Waals surface area contributed by atoms with Crippen LogP contribution in [-0.4, -0.2) is 62.3 Å². The molecule has 8 nitrogen and oxygen atoms in total. The largest absolute Gasteiger partial charge is 0.383 e. The van der Waals surface area contributed by atoms with Gasteiger partial charge in [-0.25, -0.2) is 13.2 Å². The molecular weight excluding hydrogens is 334 g/mol. The number of carbonyl (C=O) groups excluding carboxylic acids is 1. The zero-order valence-corrected chi connectivity index (χ0v) is 15.4. The van der Waals surface area contributed by atoms with Gasteiger partial charge in [0.05, 0.1) is 18.1 Å². The summed E-state index contributed by atoms with van der Waals surface area (Å²) in [5.74, 6) is 1.06. The smallest absolute Gasteiger partial charge is 0.323 e. The van der Waals surface area contributed by atoms with Crippen molar-refractivity contribution in [3.63, 3.8) is 0 Å². The number of urea groups is 1. The molecule has 1 N–H and O–H groups in total. The van der Waals surface area contributed by atoms with E-state index in [4.69, 9.17) is 9.26 Å². The number of aromatic nitrogens is 1. The Bertz CT molecular complexity index is 678. The van der Waals surface area contributed by atoms with E-state index in [0.29, 0.717) is 31.2 Å². The quantitative estimate of drug-likeness (QED) is 0.857. The molecule has 2 amide bonds. The standard InChI is InChI=1S/C15H25N3O5S/c1-15(2,3)12-9-13(17-23-12)16-14(19)18(6-7-22-4)11-5-8-24(20,21)10-11/h9,11H,5-8,10H2,1-4H3,(H,16,17,19). The summed E-state index contributed by atoms with van der Waals surface area (Å²) in [6.45, 7) is 6.58. The first-order chi connectivity index (χ1) is 11.1. The zero-order chi connectivity index (χ0) is 18.0. The number of hydrogen-bond acceptors (Lipinski definition) is 6. The molecule has 24 heavy (non-hydrogen) atoms. The monoisotopic (exact) mass is 359 g/mol. The van der Waals surface area contributed by atoms with E-state index in [2.05, 4.69) is 10.5 Å². The van der Waals surface area contributed by atoms with Gasteiger partial charge in [0, 0.05) is 31.2 Å². The van der Waals surface area contributed by atoms with Crippen molar-refractivity contribution in [2.45, 2.75) is 38.6 Å². The average Bonchev–Trinajstić information content (AvgIpc) is 3.05. The third-order valence-corrected chi connectivity index (χ3v) is 5.68. The van der Waals surface area contributed by atoms with Crippen molar-refractivity contribution in [1.29, 1.82) is 0 Å². The van der Waals surface area contributed by atoms with Crippen molar-refractivity contribution in [2.24, 2.45) is 0 Å². The lowest BCUT2D eigenvalue weighted by Gasteiger charge is -2.27. The van der Waals surface area contributed by atoms with Gasteiger partial charge in [-0.2, -0.15) is 0 Å². The van der Waals surface area contributed by atoms with Gasteiger partial charge in [-0.1, -0.05) is 25.9 Å². The second-order valence-electron chi connectivity index (χ2n) is 7.00. The number of ether oxygens (including phenoxy) is 1. The first kappa shape index (κ1) is 18.7. The lowest BCUT2D eigenvalue weighted by atomic mass is 9.93. The molecule has 0 radical (unpaired) electrons. The number of anilines is 1. The molecule has 1 aromatic heterocycles. The lowest BCUT2D eigenvalue weighted by Crippen LogP contribution is -2.45. The Kier molecular flexibility index (Phi) is 5.54. The number of methoxy groups -OCH3 is 1. The number of hydrogen-bond donors (Lipinski definition) is 1. The van der Waals surface area contributed by atoms with Crippen molar-refractivity contribution in [3.8, 4) is 0 Å². The van der Waals surface area contributed by atoms with Crippen LogP contribution in [0.2, 0.25) is 0 Å². The van der Waals surface area contributed by atoms with E-state index >= 15 is 0 Å². The number of carbonyl (C=O) groups is 1.